The van der Waals surface area contributed by atoms with Crippen molar-refractivity contribution >= 4 is 50.3 Å². The van der Waals surface area contributed by atoms with Gasteiger partial charge in [0, 0.05) is 48.0 Å². The second kappa shape index (κ2) is 8.59. The zero-order chi connectivity index (χ0) is 21.0. The van der Waals surface area contributed by atoms with Gasteiger partial charge in [0.25, 0.3) is 10.0 Å². The molecule has 3 aromatic rings. The molecule has 1 N–H and O–H groups in total. The Balaban J connectivity index is 1.97. The van der Waals surface area contributed by atoms with Crippen LogP contribution in [0.15, 0.2) is 64.2 Å². The van der Waals surface area contributed by atoms with Crippen molar-refractivity contribution in [3.63, 3.8) is 0 Å². The lowest BCUT2D eigenvalue weighted by atomic mass is 10.1. The van der Waals surface area contributed by atoms with Gasteiger partial charge in [-0.2, -0.15) is 8.42 Å². The summed E-state index contributed by atoms with van der Waals surface area (Å²) in [5.74, 6) is -0.318. The number of carbonyl (C=O) groups excluding carboxylic acids is 1. The second-order valence-corrected chi connectivity index (χ2v) is 8.56. The molecule has 1 amide bonds. The first kappa shape index (κ1) is 20.8. The number of fused-ring (bicyclic) bond motifs is 1. The number of hydrogen-bond acceptors (Lipinski definition) is 4. The van der Waals surface area contributed by atoms with Crippen LogP contribution in [-0.2, 0) is 21.2 Å². The molecule has 0 radical (unpaired) electrons. The number of amides is 1. The highest BCUT2D eigenvalue weighted by Gasteiger charge is 2.18. The molecule has 0 unspecified atom stereocenters. The molecule has 0 aliphatic heterocycles. The molecule has 0 aliphatic carbocycles. The predicted molar refractivity (Wildman–Crippen MR) is 115 cm³/mol. The number of rotatable bonds is 6. The van der Waals surface area contributed by atoms with Crippen LogP contribution in [0.25, 0.3) is 10.8 Å². The van der Waals surface area contributed by atoms with Crippen molar-refractivity contribution in [1.29, 1.82) is 0 Å². The Hall–Kier alpha value is -2.97. The van der Waals surface area contributed by atoms with Gasteiger partial charge in [0.15, 0.2) is 0 Å². The summed E-state index contributed by atoms with van der Waals surface area (Å²) < 4.78 is 29.2. The predicted octanol–water partition coefficient (Wildman–Crippen LogP) is 3.35. The second-order valence-electron chi connectivity index (χ2n) is 6.55. The largest absolute Gasteiger partial charge is 0.368 e. The van der Waals surface area contributed by atoms with Gasteiger partial charge in [0.1, 0.15) is 6.34 Å². The van der Waals surface area contributed by atoms with Gasteiger partial charge in [-0.1, -0.05) is 29.8 Å². The number of anilines is 1. The van der Waals surface area contributed by atoms with Crippen molar-refractivity contribution in [1.82, 2.24) is 9.88 Å². The smallest absolute Gasteiger partial charge is 0.284 e. The SMILES string of the molecule is CN(C)/C=N/S(=O)(=O)c1cc(NC(=O)Cc2ccccc2Cl)cc2cnccc12. The molecule has 150 valence electrons. The first-order valence-corrected chi connectivity index (χ1v) is 10.5. The fourth-order valence-electron chi connectivity index (χ4n) is 2.69. The molecule has 1 heterocycles. The summed E-state index contributed by atoms with van der Waals surface area (Å²) >= 11 is 6.11. The molecule has 0 saturated heterocycles. The maximum absolute atomic E-state index is 12.7. The highest BCUT2D eigenvalue weighted by atomic mass is 35.5. The quantitative estimate of drug-likeness (QED) is 0.478. The van der Waals surface area contributed by atoms with Gasteiger partial charge in [0.05, 0.1) is 11.3 Å². The fraction of sp³-hybridized carbons (Fsp3) is 0.150. The molecule has 0 aliphatic rings. The fourth-order valence-corrected chi connectivity index (χ4v) is 4.06. The summed E-state index contributed by atoms with van der Waals surface area (Å²) in [6.07, 6.45) is 4.32. The third-order valence-electron chi connectivity index (χ3n) is 4.00. The molecular weight excluding hydrogens is 412 g/mol. The standard InChI is InChI=1S/C20H19ClN4O3S/c1-25(2)13-23-29(27,28)19-11-16(9-15-12-22-8-7-17(15)19)24-20(26)10-14-5-3-4-6-18(14)21/h3-9,11-13H,10H2,1-2H3,(H,24,26)/b23-13+. The minimum atomic E-state index is -3.98. The van der Waals surface area contributed by atoms with Crippen LogP contribution in [0.1, 0.15) is 5.56 Å². The van der Waals surface area contributed by atoms with Crippen LogP contribution in [0.3, 0.4) is 0 Å². The van der Waals surface area contributed by atoms with Gasteiger partial charge < -0.3 is 10.2 Å². The maximum Gasteiger partial charge on any atom is 0.284 e. The number of nitrogens with zero attached hydrogens (tertiary/aromatic N) is 3. The summed E-state index contributed by atoms with van der Waals surface area (Å²) in [6, 6.07) is 11.7. The minimum absolute atomic E-state index is 0.0106. The molecule has 2 aromatic carbocycles. The number of pyridine rings is 1. The summed E-state index contributed by atoms with van der Waals surface area (Å²) in [5, 5.41) is 4.27. The summed E-state index contributed by atoms with van der Waals surface area (Å²) in [4.78, 5) is 18.0. The first-order chi connectivity index (χ1) is 13.8. The number of sulfonamides is 1. The normalized spacial score (nSPS) is 11.7. The molecule has 0 atom stereocenters. The van der Waals surface area contributed by atoms with E-state index < -0.39 is 10.0 Å². The summed E-state index contributed by atoms with van der Waals surface area (Å²) in [7, 11) is -0.632. The van der Waals surface area contributed by atoms with E-state index in [1.165, 1.54) is 29.7 Å². The number of carbonyl (C=O) groups is 1. The summed E-state index contributed by atoms with van der Waals surface area (Å²) in [6.45, 7) is 0. The third-order valence-corrected chi connectivity index (χ3v) is 5.64. The Morgan fingerprint density at radius 1 is 1.24 bits per heavy atom. The van der Waals surface area contributed by atoms with Crippen LogP contribution in [0, 0.1) is 0 Å². The van der Waals surface area contributed by atoms with Crippen LogP contribution in [0.4, 0.5) is 5.69 Å². The van der Waals surface area contributed by atoms with E-state index >= 15 is 0 Å². The van der Waals surface area contributed by atoms with E-state index in [1.54, 1.807) is 50.5 Å². The number of nitrogens with one attached hydrogen (secondary N) is 1. The van der Waals surface area contributed by atoms with Gasteiger partial charge in [0.2, 0.25) is 5.91 Å². The van der Waals surface area contributed by atoms with E-state index in [0.29, 0.717) is 27.0 Å². The van der Waals surface area contributed by atoms with Crippen molar-refractivity contribution in [2.45, 2.75) is 11.3 Å². The lowest BCUT2D eigenvalue weighted by molar-refractivity contribution is -0.115. The first-order valence-electron chi connectivity index (χ1n) is 8.64. The molecule has 1 aromatic heterocycles. The molecule has 9 heteroatoms. The lowest BCUT2D eigenvalue weighted by Crippen LogP contribution is -2.15. The molecule has 0 spiro atoms. The molecule has 29 heavy (non-hydrogen) atoms. The van der Waals surface area contributed by atoms with Crippen LogP contribution in [0.5, 0.6) is 0 Å². The monoisotopic (exact) mass is 430 g/mol. The van der Waals surface area contributed by atoms with Gasteiger partial charge in [-0.15, -0.1) is 4.40 Å². The maximum atomic E-state index is 12.7. The number of benzene rings is 2. The third kappa shape index (κ3) is 5.10. The molecule has 0 saturated carbocycles. The van der Waals surface area contributed by atoms with Crippen LogP contribution >= 0.6 is 11.6 Å². The van der Waals surface area contributed by atoms with Gasteiger partial charge in [-0.05, 0) is 29.8 Å². The Morgan fingerprint density at radius 3 is 2.72 bits per heavy atom. The summed E-state index contributed by atoms with van der Waals surface area (Å²) in [5.41, 5.74) is 1.01. The van der Waals surface area contributed by atoms with Crippen LogP contribution in [-0.4, -0.2) is 44.6 Å². The van der Waals surface area contributed by atoms with Gasteiger partial charge in [-0.3, -0.25) is 9.78 Å². The average molecular weight is 431 g/mol. The van der Waals surface area contributed by atoms with E-state index in [-0.39, 0.29) is 17.2 Å². The van der Waals surface area contributed by atoms with Crippen LogP contribution < -0.4 is 5.32 Å². The van der Waals surface area contributed by atoms with Crippen LogP contribution in [0.2, 0.25) is 5.02 Å². The Bertz CT molecular complexity index is 1190. The molecular formula is C20H19ClN4O3S. The number of hydrogen-bond donors (Lipinski definition) is 1. The Kier molecular flexibility index (Phi) is 6.14. The number of halogens is 1. The molecule has 3 rings (SSSR count). The van der Waals surface area contributed by atoms with Crippen molar-refractivity contribution in [3.05, 3.63) is 65.4 Å². The molecule has 0 fully saturated rings. The van der Waals surface area contributed by atoms with E-state index in [2.05, 4.69) is 14.7 Å². The average Bonchev–Trinajstić information content (AvgIpc) is 2.67. The van der Waals surface area contributed by atoms with Crippen molar-refractivity contribution in [2.75, 3.05) is 19.4 Å². The van der Waals surface area contributed by atoms with Crippen molar-refractivity contribution in [2.24, 2.45) is 4.40 Å². The van der Waals surface area contributed by atoms with E-state index in [4.69, 9.17) is 11.6 Å². The minimum Gasteiger partial charge on any atom is -0.368 e. The molecule has 0 bridgehead atoms. The Morgan fingerprint density at radius 2 is 2.00 bits per heavy atom. The zero-order valence-corrected chi connectivity index (χ0v) is 17.4. The topological polar surface area (TPSA) is 91.7 Å². The van der Waals surface area contributed by atoms with Crippen molar-refractivity contribution < 1.29 is 13.2 Å². The molecule has 7 nitrogen and oxygen atoms in total. The number of aromatic nitrogens is 1. The lowest BCUT2D eigenvalue weighted by Gasteiger charge is -2.11. The highest BCUT2D eigenvalue weighted by molar-refractivity contribution is 7.90. The van der Waals surface area contributed by atoms with E-state index in [9.17, 15) is 13.2 Å². The zero-order valence-electron chi connectivity index (χ0n) is 15.8. The van der Waals surface area contributed by atoms with E-state index in [1.807, 2.05) is 0 Å². The van der Waals surface area contributed by atoms with E-state index in [0.717, 1.165) is 0 Å². The highest BCUT2D eigenvalue weighted by Crippen LogP contribution is 2.28. The van der Waals surface area contributed by atoms with Crippen molar-refractivity contribution in [3.8, 4) is 0 Å². The van der Waals surface area contributed by atoms with Gasteiger partial charge in [-0.25, -0.2) is 0 Å². The Labute approximate surface area is 174 Å². The van der Waals surface area contributed by atoms with Gasteiger partial charge >= 0.3 is 0 Å².